The molecule has 0 saturated heterocycles. The first kappa shape index (κ1) is 18.2. The molecule has 1 atom stereocenters. The maximum absolute atomic E-state index is 14.5. The van der Waals surface area contributed by atoms with Crippen LogP contribution in [0.15, 0.2) is 48.8 Å². The fourth-order valence-corrected chi connectivity index (χ4v) is 2.77. The van der Waals surface area contributed by atoms with Gasteiger partial charge in [-0.05, 0) is 17.7 Å². The van der Waals surface area contributed by atoms with E-state index in [1.807, 2.05) is 30.3 Å². The summed E-state index contributed by atoms with van der Waals surface area (Å²) in [5, 5.41) is 14.6. The number of aromatic nitrogens is 3. The highest BCUT2D eigenvalue weighted by Gasteiger charge is 2.23. The lowest BCUT2D eigenvalue weighted by atomic mass is 10.2. The third-order valence-corrected chi connectivity index (χ3v) is 4.32. The number of anilines is 1. The zero-order chi connectivity index (χ0) is 18.7. The summed E-state index contributed by atoms with van der Waals surface area (Å²) in [6, 6.07) is 12.8. The zero-order valence-electron chi connectivity index (χ0n) is 14.3. The Labute approximate surface area is 155 Å². The number of ether oxygens (including phenoxy) is 1. The molecule has 8 heteroatoms. The Kier molecular flexibility index (Phi) is 5.39. The molecular weight excluding hydrogens is 359 g/mol. The minimum atomic E-state index is -1.23. The van der Waals surface area contributed by atoms with Crippen LogP contribution in [0.2, 0.25) is 5.02 Å². The smallest absolute Gasteiger partial charge is 0.200 e. The normalized spacial score (nSPS) is 12.0. The number of benzene rings is 2. The molecular formula is C18H18ClFN4O2. The molecule has 26 heavy (non-hydrogen) atoms. The van der Waals surface area contributed by atoms with Crippen LogP contribution < -0.4 is 9.64 Å². The maximum Gasteiger partial charge on any atom is 0.200 e. The number of hydrogen-bond acceptors (Lipinski definition) is 5. The van der Waals surface area contributed by atoms with Crippen molar-refractivity contribution in [3.8, 4) is 5.75 Å². The Balaban J connectivity index is 1.79. The van der Waals surface area contributed by atoms with Crippen molar-refractivity contribution >= 4 is 17.3 Å². The fraction of sp³-hybridized carbons (Fsp3) is 0.222. The van der Waals surface area contributed by atoms with E-state index in [0.29, 0.717) is 6.54 Å². The summed E-state index contributed by atoms with van der Waals surface area (Å²) in [5.74, 6) is -0.299. The molecule has 1 N–H and O–H groups in total. The predicted octanol–water partition coefficient (Wildman–Crippen LogP) is 3.25. The second kappa shape index (κ2) is 7.72. The summed E-state index contributed by atoms with van der Waals surface area (Å²) in [7, 11) is 2.94. The lowest BCUT2D eigenvalue weighted by Crippen LogP contribution is -2.26. The van der Waals surface area contributed by atoms with Gasteiger partial charge in [0, 0.05) is 7.05 Å². The summed E-state index contributed by atoms with van der Waals surface area (Å²) in [5.41, 5.74) is 1.17. The number of hydrogen-bond donors (Lipinski definition) is 1. The van der Waals surface area contributed by atoms with E-state index in [9.17, 15) is 9.50 Å². The first-order valence-corrected chi connectivity index (χ1v) is 8.25. The first-order chi connectivity index (χ1) is 12.5. The molecule has 3 aromatic rings. The zero-order valence-corrected chi connectivity index (χ0v) is 15.1. The van der Waals surface area contributed by atoms with Gasteiger partial charge in [-0.25, -0.2) is 14.1 Å². The average molecular weight is 377 g/mol. The molecule has 1 heterocycles. The fourth-order valence-electron chi connectivity index (χ4n) is 2.53. The van der Waals surface area contributed by atoms with E-state index in [-0.39, 0.29) is 22.3 Å². The van der Waals surface area contributed by atoms with Crippen molar-refractivity contribution in [2.24, 2.45) is 0 Å². The third kappa shape index (κ3) is 3.63. The Morgan fingerprint density at radius 1 is 1.27 bits per heavy atom. The largest absolute Gasteiger partial charge is 0.495 e. The van der Waals surface area contributed by atoms with Gasteiger partial charge in [-0.3, -0.25) is 0 Å². The van der Waals surface area contributed by atoms with E-state index in [1.54, 1.807) is 4.68 Å². The number of methoxy groups -OCH3 is 1. The molecule has 0 amide bonds. The molecule has 136 valence electrons. The second-order valence-electron chi connectivity index (χ2n) is 5.69. The molecule has 1 aromatic heterocycles. The molecule has 0 bridgehead atoms. The van der Waals surface area contributed by atoms with Gasteiger partial charge in [0.1, 0.15) is 17.1 Å². The van der Waals surface area contributed by atoms with Crippen molar-refractivity contribution in [1.29, 1.82) is 0 Å². The first-order valence-electron chi connectivity index (χ1n) is 7.87. The molecule has 0 aliphatic carbocycles. The second-order valence-corrected chi connectivity index (χ2v) is 6.06. The van der Waals surface area contributed by atoms with Gasteiger partial charge < -0.3 is 14.7 Å². The summed E-state index contributed by atoms with van der Waals surface area (Å²) in [6.45, 7) is 0.521. The summed E-state index contributed by atoms with van der Waals surface area (Å²) < 4.78 is 21.1. The maximum atomic E-state index is 14.5. The SMILES string of the molecule is COc1ccc(N(C)C(O)c2ncn(Cc3ccccc3)n2)c(F)c1Cl. The van der Waals surface area contributed by atoms with Crippen LogP contribution >= 0.6 is 11.6 Å². The van der Waals surface area contributed by atoms with Crippen molar-refractivity contribution in [2.75, 3.05) is 19.1 Å². The molecule has 6 nitrogen and oxygen atoms in total. The van der Waals surface area contributed by atoms with Gasteiger partial charge in [-0.15, -0.1) is 0 Å². The van der Waals surface area contributed by atoms with Crippen LogP contribution in [0.1, 0.15) is 17.6 Å². The molecule has 0 spiro atoms. The van der Waals surface area contributed by atoms with Gasteiger partial charge in [-0.2, -0.15) is 5.10 Å². The number of nitrogens with zero attached hydrogens (tertiary/aromatic N) is 4. The van der Waals surface area contributed by atoms with Gasteiger partial charge in [-0.1, -0.05) is 41.9 Å². The van der Waals surface area contributed by atoms with E-state index in [0.717, 1.165) is 5.56 Å². The predicted molar refractivity (Wildman–Crippen MR) is 96.9 cm³/mol. The quantitative estimate of drug-likeness (QED) is 0.669. The minimum Gasteiger partial charge on any atom is -0.495 e. The Morgan fingerprint density at radius 3 is 2.69 bits per heavy atom. The van der Waals surface area contributed by atoms with Crippen LogP contribution in [0.4, 0.5) is 10.1 Å². The van der Waals surface area contributed by atoms with Crippen LogP contribution in [0.25, 0.3) is 0 Å². The molecule has 0 aliphatic heterocycles. The Bertz CT molecular complexity index is 888. The summed E-state index contributed by atoms with van der Waals surface area (Å²) in [6.07, 6.45) is 0.294. The molecule has 1 unspecified atom stereocenters. The standard InChI is InChI=1S/C18H18ClFN4O2/c1-23(13-8-9-14(26-2)15(19)16(13)20)18(25)17-21-11-24(22-17)10-12-6-4-3-5-7-12/h3-9,11,18,25H,10H2,1-2H3. The Morgan fingerprint density at radius 2 is 2.00 bits per heavy atom. The average Bonchev–Trinajstić information content (AvgIpc) is 3.12. The number of aliphatic hydroxyl groups is 1. The van der Waals surface area contributed by atoms with Gasteiger partial charge in [0.25, 0.3) is 0 Å². The van der Waals surface area contributed by atoms with Gasteiger partial charge >= 0.3 is 0 Å². The van der Waals surface area contributed by atoms with Crippen LogP contribution in [-0.2, 0) is 6.54 Å². The highest BCUT2D eigenvalue weighted by atomic mass is 35.5. The van der Waals surface area contributed by atoms with E-state index < -0.39 is 12.0 Å². The van der Waals surface area contributed by atoms with Crippen molar-refractivity contribution in [3.63, 3.8) is 0 Å². The van der Waals surface area contributed by atoms with E-state index in [4.69, 9.17) is 16.3 Å². The third-order valence-electron chi connectivity index (χ3n) is 3.97. The monoisotopic (exact) mass is 376 g/mol. The van der Waals surface area contributed by atoms with Crippen molar-refractivity contribution in [2.45, 2.75) is 12.8 Å². The van der Waals surface area contributed by atoms with Crippen LogP contribution in [0.3, 0.4) is 0 Å². The topological polar surface area (TPSA) is 63.4 Å². The summed E-state index contributed by atoms with van der Waals surface area (Å²) >= 11 is 5.94. The van der Waals surface area contributed by atoms with Crippen LogP contribution in [0, 0.1) is 5.82 Å². The molecule has 2 aromatic carbocycles. The van der Waals surface area contributed by atoms with Gasteiger partial charge in [0.2, 0.25) is 0 Å². The minimum absolute atomic E-state index is 0.114. The lowest BCUT2D eigenvalue weighted by Gasteiger charge is -2.24. The Hall–Kier alpha value is -2.64. The van der Waals surface area contributed by atoms with Crippen molar-refractivity contribution in [1.82, 2.24) is 14.8 Å². The van der Waals surface area contributed by atoms with Crippen molar-refractivity contribution < 1.29 is 14.2 Å². The highest BCUT2D eigenvalue weighted by Crippen LogP contribution is 2.35. The number of aliphatic hydroxyl groups excluding tert-OH is 1. The highest BCUT2D eigenvalue weighted by molar-refractivity contribution is 6.32. The molecule has 3 rings (SSSR count). The van der Waals surface area contributed by atoms with Crippen LogP contribution in [-0.4, -0.2) is 34.0 Å². The van der Waals surface area contributed by atoms with Gasteiger partial charge in [0.15, 0.2) is 17.9 Å². The van der Waals surface area contributed by atoms with Gasteiger partial charge in [0.05, 0.1) is 19.3 Å². The van der Waals surface area contributed by atoms with E-state index >= 15 is 0 Å². The summed E-state index contributed by atoms with van der Waals surface area (Å²) in [4.78, 5) is 5.43. The van der Waals surface area contributed by atoms with E-state index in [2.05, 4.69) is 10.1 Å². The number of halogens is 2. The number of rotatable bonds is 6. The van der Waals surface area contributed by atoms with E-state index in [1.165, 1.54) is 37.5 Å². The molecule has 0 saturated carbocycles. The van der Waals surface area contributed by atoms with Crippen LogP contribution in [0.5, 0.6) is 5.75 Å². The molecule has 0 aliphatic rings. The lowest BCUT2D eigenvalue weighted by molar-refractivity contribution is 0.167. The van der Waals surface area contributed by atoms with Crippen molar-refractivity contribution in [3.05, 3.63) is 71.0 Å². The molecule has 0 radical (unpaired) electrons. The molecule has 0 fully saturated rings.